The van der Waals surface area contributed by atoms with Gasteiger partial charge in [-0.25, -0.2) is 9.36 Å². The van der Waals surface area contributed by atoms with E-state index in [0.29, 0.717) is 24.3 Å². The summed E-state index contributed by atoms with van der Waals surface area (Å²) in [6, 6.07) is 25.3. The number of carbonyl (C=O) groups is 2. The van der Waals surface area contributed by atoms with Gasteiger partial charge >= 0.3 is 6.18 Å². The summed E-state index contributed by atoms with van der Waals surface area (Å²) < 4.78 is 45.3. The number of amides is 2. The van der Waals surface area contributed by atoms with Crippen LogP contribution in [0.25, 0.3) is 22.8 Å². The standard InChI is InChI=1S/C31H31F3N8O3.C6H6/c1-20(29(44)39-14-16-42(3,4)17-15-39)37-28(43)26-27(25-12-13-36-40(25)23-10-8-21(19-35)9-11-23)38(2)41(30(26)45)24-7-5-6-22(18-24)31(32,33)34;1-2-4-6-5-3-1/h5-13,18,20H,14-17H2,1-4H3;1-6H/p+1. The minimum absolute atomic E-state index is 0.0634. The Morgan fingerprint density at radius 3 is 2.10 bits per heavy atom. The van der Waals surface area contributed by atoms with Gasteiger partial charge in [0.1, 0.15) is 17.3 Å². The van der Waals surface area contributed by atoms with Crippen LogP contribution in [-0.2, 0) is 18.0 Å². The molecule has 3 aromatic carbocycles. The Morgan fingerprint density at radius 1 is 0.922 bits per heavy atom. The largest absolute Gasteiger partial charge is 0.416 e. The first-order valence-electron chi connectivity index (χ1n) is 16.2. The molecule has 264 valence electrons. The molecule has 0 bridgehead atoms. The van der Waals surface area contributed by atoms with Crippen LogP contribution >= 0.6 is 0 Å². The first-order chi connectivity index (χ1) is 24.2. The van der Waals surface area contributed by atoms with E-state index < -0.39 is 29.2 Å². The topological polar surface area (TPSA) is 118 Å². The van der Waals surface area contributed by atoms with E-state index in [1.54, 1.807) is 35.2 Å². The molecule has 1 aliphatic heterocycles. The highest BCUT2D eigenvalue weighted by molar-refractivity contribution is 6.02. The number of hydrogen-bond donors (Lipinski definition) is 1. The SMILES string of the molecule is CC(NC(=O)c1c(-c2ccnn2-c2ccc(C#N)cc2)n(C)n(-c2cccc(C(F)(F)F)c2)c1=O)C(=O)N1CC[N+](C)(C)CC1.c1ccccc1. The first kappa shape index (κ1) is 36.3. The van der Waals surface area contributed by atoms with E-state index in [2.05, 4.69) is 24.5 Å². The van der Waals surface area contributed by atoms with E-state index in [-0.39, 0.29) is 28.5 Å². The van der Waals surface area contributed by atoms with Gasteiger partial charge in [-0.1, -0.05) is 42.5 Å². The molecule has 1 aliphatic rings. The fourth-order valence-electron chi connectivity index (χ4n) is 5.79. The first-order valence-corrected chi connectivity index (χ1v) is 16.2. The summed E-state index contributed by atoms with van der Waals surface area (Å²) >= 11 is 0. The van der Waals surface area contributed by atoms with Crippen LogP contribution in [0.4, 0.5) is 13.2 Å². The van der Waals surface area contributed by atoms with E-state index in [1.807, 2.05) is 42.5 Å². The third-order valence-electron chi connectivity index (χ3n) is 8.68. The van der Waals surface area contributed by atoms with E-state index in [9.17, 15) is 32.8 Å². The fraction of sp³-hybridized carbons (Fsp3) is 0.270. The van der Waals surface area contributed by atoms with Gasteiger partial charge in [-0.2, -0.15) is 23.5 Å². The quantitative estimate of drug-likeness (QED) is 0.259. The van der Waals surface area contributed by atoms with Gasteiger partial charge < -0.3 is 14.7 Å². The predicted octanol–water partition coefficient (Wildman–Crippen LogP) is 4.64. The Kier molecular flexibility index (Phi) is 10.6. The molecule has 0 aliphatic carbocycles. The number of quaternary nitrogens is 1. The molecule has 3 heterocycles. The lowest BCUT2D eigenvalue weighted by Gasteiger charge is -2.39. The fourth-order valence-corrected chi connectivity index (χ4v) is 5.79. The highest BCUT2D eigenvalue weighted by atomic mass is 19.4. The predicted molar refractivity (Wildman–Crippen MR) is 185 cm³/mol. The monoisotopic (exact) mass is 699 g/mol. The third-order valence-corrected chi connectivity index (χ3v) is 8.68. The zero-order valence-corrected chi connectivity index (χ0v) is 28.6. The van der Waals surface area contributed by atoms with Crippen LogP contribution in [-0.4, -0.2) is 86.7 Å². The summed E-state index contributed by atoms with van der Waals surface area (Å²) in [6.07, 6.45) is -3.22. The highest BCUT2D eigenvalue weighted by Gasteiger charge is 2.34. The van der Waals surface area contributed by atoms with Crippen molar-refractivity contribution in [3.63, 3.8) is 0 Å². The number of carbonyl (C=O) groups excluding carboxylic acids is 2. The van der Waals surface area contributed by atoms with Crippen molar-refractivity contribution in [3.8, 4) is 28.8 Å². The van der Waals surface area contributed by atoms with Crippen LogP contribution < -0.4 is 10.9 Å². The van der Waals surface area contributed by atoms with Crippen LogP contribution in [0.15, 0.2) is 102 Å². The molecular formula is C37H38F3N8O3+. The number of likely N-dealkylation sites (N-methyl/N-ethyl adjacent to an activating group) is 1. The van der Waals surface area contributed by atoms with Gasteiger partial charge in [0.2, 0.25) is 5.91 Å². The van der Waals surface area contributed by atoms with Crippen molar-refractivity contribution < 1.29 is 27.2 Å². The maximum Gasteiger partial charge on any atom is 0.416 e. The molecule has 1 saturated heterocycles. The van der Waals surface area contributed by atoms with E-state index >= 15 is 0 Å². The van der Waals surface area contributed by atoms with Crippen LogP contribution in [0, 0.1) is 11.3 Å². The number of halogens is 3. The van der Waals surface area contributed by atoms with Crippen molar-refractivity contribution in [1.29, 1.82) is 5.26 Å². The number of rotatable bonds is 6. The molecule has 0 saturated carbocycles. The Labute approximate surface area is 292 Å². The Hall–Kier alpha value is -5.94. The third kappa shape index (κ3) is 8.11. The van der Waals surface area contributed by atoms with Gasteiger partial charge in [0.05, 0.1) is 80.7 Å². The average Bonchev–Trinajstić information content (AvgIpc) is 3.70. The summed E-state index contributed by atoms with van der Waals surface area (Å²) in [5, 5.41) is 16.2. The number of hydrogen-bond acceptors (Lipinski definition) is 5. The molecule has 1 N–H and O–H groups in total. The summed E-state index contributed by atoms with van der Waals surface area (Å²) in [4.78, 5) is 42.8. The molecule has 0 spiro atoms. The minimum Gasteiger partial charge on any atom is -0.340 e. The molecule has 14 heteroatoms. The van der Waals surface area contributed by atoms with Crippen molar-refractivity contribution >= 4 is 11.8 Å². The number of nitrogens with zero attached hydrogens (tertiary/aromatic N) is 7. The minimum atomic E-state index is -4.67. The molecule has 2 aromatic heterocycles. The zero-order chi connectivity index (χ0) is 36.9. The second-order valence-electron chi connectivity index (χ2n) is 12.8. The molecule has 1 fully saturated rings. The summed E-state index contributed by atoms with van der Waals surface area (Å²) in [6.45, 7) is 4.04. The summed E-state index contributed by atoms with van der Waals surface area (Å²) in [5.41, 5.74) is -1.07. The Morgan fingerprint density at radius 2 is 1.53 bits per heavy atom. The molecule has 51 heavy (non-hydrogen) atoms. The molecule has 1 unspecified atom stereocenters. The van der Waals surface area contributed by atoms with Gasteiger partial charge in [0.25, 0.3) is 11.5 Å². The number of aromatic nitrogens is 4. The molecule has 6 rings (SSSR count). The molecule has 2 amide bonds. The van der Waals surface area contributed by atoms with Crippen LogP contribution in [0.1, 0.15) is 28.4 Å². The Bertz CT molecular complexity index is 2070. The van der Waals surface area contributed by atoms with Crippen LogP contribution in [0.5, 0.6) is 0 Å². The van der Waals surface area contributed by atoms with E-state index in [0.717, 1.165) is 34.4 Å². The molecule has 1 atom stereocenters. The van der Waals surface area contributed by atoms with Crippen molar-refractivity contribution in [2.24, 2.45) is 7.05 Å². The lowest BCUT2D eigenvalue weighted by molar-refractivity contribution is -0.894. The van der Waals surface area contributed by atoms with Crippen molar-refractivity contribution in [1.82, 2.24) is 29.4 Å². The van der Waals surface area contributed by atoms with E-state index in [4.69, 9.17) is 0 Å². The van der Waals surface area contributed by atoms with Gasteiger partial charge in [-0.05, 0) is 55.5 Å². The normalized spacial score (nSPS) is 14.5. The number of nitriles is 1. The van der Waals surface area contributed by atoms with Crippen LogP contribution in [0.3, 0.4) is 0 Å². The van der Waals surface area contributed by atoms with Gasteiger partial charge in [-0.15, -0.1) is 0 Å². The lowest BCUT2D eigenvalue weighted by atomic mass is 10.1. The van der Waals surface area contributed by atoms with E-state index in [1.165, 1.54) is 41.7 Å². The van der Waals surface area contributed by atoms with Crippen molar-refractivity contribution in [2.45, 2.75) is 19.1 Å². The number of alkyl halides is 3. The molecule has 11 nitrogen and oxygen atoms in total. The van der Waals surface area contributed by atoms with Gasteiger partial charge in [0, 0.05) is 7.05 Å². The lowest BCUT2D eigenvalue weighted by Crippen LogP contribution is -2.59. The number of piperazine rings is 1. The Balaban J connectivity index is 0.000000761. The summed E-state index contributed by atoms with van der Waals surface area (Å²) in [5.74, 6) is -1.17. The second kappa shape index (κ2) is 14.9. The van der Waals surface area contributed by atoms with Crippen molar-refractivity contribution in [3.05, 3.63) is 124 Å². The highest BCUT2D eigenvalue weighted by Crippen LogP contribution is 2.31. The second-order valence-corrected chi connectivity index (χ2v) is 12.8. The maximum atomic E-state index is 14.0. The number of nitrogens with one attached hydrogen (secondary N) is 1. The van der Waals surface area contributed by atoms with Crippen LogP contribution in [0.2, 0.25) is 0 Å². The van der Waals surface area contributed by atoms with Crippen molar-refractivity contribution in [2.75, 3.05) is 40.3 Å². The summed E-state index contributed by atoms with van der Waals surface area (Å²) in [7, 11) is 5.59. The maximum absolute atomic E-state index is 14.0. The zero-order valence-electron chi connectivity index (χ0n) is 28.6. The molecular weight excluding hydrogens is 661 g/mol. The van der Waals surface area contributed by atoms with Gasteiger partial charge in [-0.3, -0.25) is 19.1 Å². The number of benzene rings is 3. The van der Waals surface area contributed by atoms with Gasteiger partial charge in [0.15, 0.2) is 0 Å². The average molecular weight is 700 g/mol. The molecule has 0 radical (unpaired) electrons. The smallest absolute Gasteiger partial charge is 0.340 e. The molecule has 5 aromatic rings.